The molecule has 7 nitrogen and oxygen atoms in total. The molecule has 38 heavy (non-hydrogen) atoms. The summed E-state index contributed by atoms with van der Waals surface area (Å²) in [5, 5.41) is 3.68. The van der Waals surface area contributed by atoms with Gasteiger partial charge in [0.25, 0.3) is 0 Å². The van der Waals surface area contributed by atoms with Crippen LogP contribution in [0.5, 0.6) is 0 Å². The highest BCUT2D eigenvalue weighted by Gasteiger charge is 2.31. The van der Waals surface area contributed by atoms with Gasteiger partial charge < -0.3 is 10.2 Å². The zero-order valence-electron chi connectivity index (χ0n) is 22.9. The number of anilines is 1. The number of benzene rings is 2. The first-order valence-electron chi connectivity index (χ1n) is 13.4. The van der Waals surface area contributed by atoms with Crippen molar-refractivity contribution in [2.75, 3.05) is 17.1 Å². The lowest BCUT2D eigenvalue weighted by atomic mass is 10.1. The molecule has 9 heteroatoms. The molecule has 2 aromatic carbocycles. The Morgan fingerprint density at radius 3 is 2.29 bits per heavy atom. The number of carbonyl (C=O) groups excluding carboxylic acids is 2. The number of amides is 2. The van der Waals surface area contributed by atoms with Gasteiger partial charge in [0.2, 0.25) is 21.8 Å². The Hall–Kier alpha value is -2.58. The van der Waals surface area contributed by atoms with Crippen molar-refractivity contribution in [3.8, 4) is 0 Å². The fraction of sp³-hybridized carbons (Fsp3) is 0.517. The molecule has 2 aromatic rings. The molecule has 1 aliphatic rings. The average molecular weight is 562 g/mol. The second-order valence-electron chi connectivity index (χ2n) is 10.3. The number of aryl methyl sites for hydroxylation is 2. The van der Waals surface area contributed by atoms with Gasteiger partial charge in [0.1, 0.15) is 6.04 Å². The van der Waals surface area contributed by atoms with Gasteiger partial charge in [-0.3, -0.25) is 13.9 Å². The zero-order valence-corrected chi connectivity index (χ0v) is 24.4. The maximum atomic E-state index is 13.6. The van der Waals surface area contributed by atoms with Crippen LogP contribution in [0.3, 0.4) is 0 Å². The molecule has 1 aliphatic carbocycles. The molecule has 0 heterocycles. The summed E-state index contributed by atoms with van der Waals surface area (Å²) in [5.74, 6) is -0.347. The Kier molecular flexibility index (Phi) is 10.6. The maximum Gasteiger partial charge on any atom is 0.243 e. The molecule has 1 unspecified atom stereocenters. The number of hydrogen-bond donors (Lipinski definition) is 1. The van der Waals surface area contributed by atoms with E-state index in [1.807, 2.05) is 57.2 Å². The molecule has 0 aromatic heterocycles. The molecule has 0 bridgehead atoms. The molecule has 1 saturated carbocycles. The van der Waals surface area contributed by atoms with E-state index in [0.717, 1.165) is 42.4 Å². The van der Waals surface area contributed by atoms with Crippen LogP contribution in [0.15, 0.2) is 42.5 Å². The van der Waals surface area contributed by atoms with E-state index in [4.69, 9.17) is 11.6 Å². The SMILES string of the molecule is CCC(C(=O)NC1CCCC1)N(Cc1ccccc1Cl)C(=O)CCCN(c1cc(C)cc(C)c1)S(C)(=O)=O. The van der Waals surface area contributed by atoms with Crippen molar-refractivity contribution in [2.24, 2.45) is 0 Å². The number of carbonyl (C=O) groups is 2. The predicted octanol–water partition coefficient (Wildman–Crippen LogP) is 5.37. The molecule has 3 rings (SSSR count). The van der Waals surface area contributed by atoms with E-state index in [0.29, 0.717) is 23.6 Å². The first kappa shape index (κ1) is 30.0. The van der Waals surface area contributed by atoms with Crippen LogP contribution in [0.2, 0.25) is 5.02 Å². The van der Waals surface area contributed by atoms with Crippen LogP contribution in [0.1, 0.15) is 68.6 Å². The van der Waals surface area contributed by atoms with E-state index in [1.54, 1.807) is 11.0 Å². The van der Waals surface area contributed by atoms with Crippen LogP contribution in [0.25, 0.3) is 0 Å². The highest BCUT2D eigenvalue weighted by Crippen LogP contribution is 2.24. The Morgan fingerprint density at radius 2 is 1.71 bits per heavy atom. The largest absolute Gasteiger partial charge is 0.352 e. The number of halogens is 1. The van der Waals surface area contributed by atoms with Crippen molar-refractivity contribution >= 4 is 39.1 Å². The average Bonchev–Trinajstić information content (AvgIpc) is 3.34. The van der Waals surface area contributed by atoms with Gasteiger partial charge in [-0.1, -0.05) is 55.6 Å². The smallest absolute Gasteiger partial charge is 0.243 e. The molecular formula is C29H40ClN3O4S. The van der Waals surface area contributed by atoms with Crippen molar-refractivity contribution in [3.63, 3.8) is 0 Å². The molecule has 0 spiro atoms. The van der Waals surface area contributed by atoms with Gasteiger partial charge in [0.15, 0.2) is 0 Å². The van der Waals surface area contributed by atoms with Crippen molar-refractivity contribution in [2.45, 2.75) is 84.3 Å². The van der Waals surface area contributed by atoms with E-state index >= 15 is 0 Å². The number of hydrogen-bond acceptors (Lipinski definition) is 4. The third-order valence-electron chi connectivity index (χ3n) is 7.03. The number of rotatable bonds is 12. The van der Waals surface area contributed by atoms with Gasteiger partial charge in [-0.15, -0.1) is 0 Å². The minimum Gasteiger partial charge on any atom is -0.352 e. The monoisotopic (exact) mass is 561 g/mol. The summed E-state index contributed by atoms with van der Waals surface area (Å²) >= 11 is 6.42. The molecule has 2 amide bonds. The van der Waals surface area contributed by atoms with Crippen LogP contribution < -0.4 is 9.62 Å². The van der Waals surface area contributed by atoms with E-state index in [2.05, 4.69) is 5.32 Å². The molecule has 208 valence electrons. The first-order chi connectivity index (χ1) is 18.0. The molecular weight excluding hydrogens is 522 g/mol. The summed E-state index contributed by atoms with van der Waals surface area (Å²) in [4.78, 5) is 28.5. The van der Waals surface area contributed by atoms with Gasteiger partial charge in [0, 0.05) is 30.6 Å². The summed E-state index contributed by atoms with van der Waals surface area (Å²) in [6, 6.07) is 12.5. The number of nitrogens with zero attached hydrogens (tertiary/aromatic N) is 2. The lowest BCUT2D eigenvalue weighted by Gasteiger charge is -2.32. The maximum absolute atomic E-state index is 13.6. The van der Waals surface area contributed by atoms with Gasteiger partial charge in [0.05, 0.1) is 11.9 Å². The lowest BCUT2D eigenvalue weighted by Crippen LogP contribution is -2.51. The Balaban J connectivity index is 1.78. The van der Waals surface area contributed by atoms with Gasteiger partial charge in [-0.05, 0) is 74.4 Å². The minimum absolute atomic E-state index is 0.106. The fourth-order valence-corrected chi connectivity index (χ4v) is 6.34. The summed E-state index contributed by atoms with van der Waals surface area (Å²) in [5.41, 5.74) is 3.29. The van der Waals surface area contributed by atoms with Crippen molar-refractivity contribution < 1.29 is 18.0 Å². The Morgan fingerprint density at radius 1 is 1.08 bits per heavy atom. The zero-order chi connectivity index (χ0) is 27.9. The molecule has 0 saturated heterocycles. The summed E-state index contributed by atoms with van der Waals surface area (Å²) in [7, 11) is -3.54. The van der Waals surface area contributed by atoms with Crippen LogP contribution in [-0.2, 0) is 26.2 Å². The van der Waals surface area contributed by atoms with E-state index in [1.165, 1.54) is 10.6 Å². The summed E-state index contributed by atoms with van der Waals surface area (Å²) in [6.07, 6.45) is 6.18. The van der Waals surface area contributed by atoms with Crippen LogP contribution >= 0.6 is 11.6 Å². The van der Waals surface area contributed by atoms with Gasteiger partial charge in [-0.2, -0.15) is 0 Å². The molecule has 0 radical (unpaired) electrons. The van der Waals surface area contributed by atoms with E-state index < -0.39 is 16.1 Å². The second-order valence-corrected chi connectivity index (χ2v) is 12.6. The Bertz CT molecular complexity index is 1210. The van der Waals surface area contributed by atoms with Crippen LogP contribution in [0, 0.1) is 13.8 Å². The topological polar surface area (TPSA) is 86.8 Å². The van der Waals surface area contributed by atoms with Crippen molar-refractivity contribution in [1.82, 2.24) is 10.2 Å². The fourth-order valence-electron chi connectivity index (χ4n) is 5.20. The van der Waals surface area contributed by atoms with Crippen LogP contribution in [0.4, 0.5) is 5.69 Å². The highest BCUT2D eigenvalue weighted by molar-refractivity contribution is 7.92. The first-order valence-corrected chi connectivity index (χ1v) is 15.6. The lowest BCUT2D eigenvalue weighted by molar-refractivity contribution is -0.141. The summed E-state index contributed by atoms with van der Waals surface area (Å²) in [6.45, 7) is 6.13. The van der Waals surface area contributed by atoms with Crippen LogP contribution in [-0.4, -0.2) is 50.0 Å². The quantitative estimate of drug-likeness (QED) is 0.377. The standard InChI is InChI=1S/C29H40ClN3O4S/c1-5-27(29(35)31-24-12-7-8-13-24)32(20-23-11-6-9-14-26(23)30)28(34)15-10-16-33(38(4,36)37)25-18-21(2)17-22(3)19-25/h6,9,11,14,17-19,24,27H,5,7-8,10,12-13,15-16,20H2,1-4H3,(H,31,35). The van der Waals surface area contributed by atoms with Crippen molar-refractivity contribution in [3.05, 3.63) is 64.2 Å². The molecule has 0 aliphatic heterocycles. The van der Waals surface area contributed by atoms with E-state index in [-0.39, 0.29) is 37.4 Å². The van der Waals surface area contributed by atoms with Crippen molar-refractivity contribution in [1.29, 1.82) is 0 Å². The third kappa shape index (κ3) is 8.21. The molecule has 1 atom stereocenters. The predicted molar refractivity (Wildman–Crippen MR) is 154 cm³/mol. The minimum atomic E-state index is -3.54. The van der Waals surface area contributed by atoms with E-state index in [9.17, 15) is 18.0 Å². The van der Waals surface area contributed by atoms with Gasteiger partial charge in [-0.25, -0.2) is 8.42 Å². The summed E-state index contributed by atoms with van der Waals surface area (Å²) < 4.78 is 26.6. The number of nitrogens with one attached hydrogen (secondary N) is 1. The Labute approximate surface area is 232 Å². The molecule has 1 N–H and O–H groups in total. The highest BCUT2D eigenvalue weighted by atomic mass is 35.5. The molecule has 1 fully saturated rings. The third-order valence-corrected chi connectivity index (χ3v) is 8.60. The second kappa shape index (κ2) is 13.5. The normalized spacial score (nSPS) is 14.8. The van der Waals surface area contributed by atoms with Gasteiger partial charge >= 0.3 is 0 Å². The number of sulfonamides is 1.